The maximum Gasteiger partial charge on any atom is 0.274 e. The van der Waals surface area contributed by atoms with Gasteiger partial charge in [0.25, 0.3) is 11.8 Å². The number of imidazole rings is 1. The number of ether oxygens (including phenoxy) is 1. The second-order valence-corrected chi connectivity index (χ2v) is 9.17. The molecule has 0 radical (unpaired) electrons. The van der Waals surface area contributed by atoms with Crippen molar-refractivity contribution < 1.29 is 23.8 Å². The van der Waals surface area contributed by atoms with E-state index in [-0.39, 0.29) is 23.6 Å². The minimum absolute atomic E-state index is 0.0448. The van der Waals surface area contributed by atoms with Crippen molar-refractivity contribution >= 4 is 23.1 Å². The Morgan fingerprint density at radius 1 is 1.07 bits per heavy atom. The fourth-order valence-electron chi connectivity index (χ4n) is 4.44. The molecule has 11 heteroatoms. The molecule has 2 aromatic carbocycles. The van der Waals surface area contributed by atoms with E-state index in [0.29, 0.717) is 11.2 Å². The van der Waals surface area contributed by atoms with E-state index in [1.54, 1.807) is 45.7 Å². The number of amides is 2. The number of carbonyl (C=O) groups excluding carboxylic acids is 2. The zero-order chi connectivity index (χ0) is 28.2. The summed E-state index contributed by atoms with van der Waals surface area (Å²) in [4.78, 5) is 30.5. The Labute approximate surface area is 229 Å². The lowest BCUT2D eigenvalue weighted by atomic mass is 10.0. The van der Waals surface area contributed by atoms with Crippen molar-refractivity contribution in [1.82, 2.24) is 24.5 Å². The molecule has 1 unspecified atom stereocenters. The van der Waals surface area contributed by atoms with Crippen LogP contribution >= 0.6 is 0 Å². The van der Waals surface area contributed by atoms with Gasteiger partial charge in [-0.2, -0.15) is 5.10 Å². The van der Waals surface area contributed by atoms with Crippen LogP contribution in [0.3, 0.4) is 0 Å². The van der Waals surface area contributed by atoms with Crippen molar-refractivity contribution in [3.05, 3.63) is 108 Å². The molecule has 2 atom stereocenters. The predicted octanol–water partition coefficient (Wildman–Crippen LogP) is 3.60. The molecule has 10 nitrogen and oxygen atoms in total. The van der Waals surface area contributed by atoms with E-state index in [1.165, 1.54) is 25.4 Å². The van der Waals surface area contributed by atoms with E-state index < -0.39 is 29.8 Å². The summed E-state index contributed by atoms with van der Waals surface area (Å²) in [7, 11) is 3.29. The van der Waals surface area contributed by atoms with E-state index in [4.69, 9.17) is 4.74 Å². The van der Waals surface area contributed by atoms with Crippen LogP contribution in [0.15, 0.2) is 85.3 Å². The van der Waals surface area contributed by atoms with Crippen LogP contribution in [0.5, 0.6) is 0 Å². The van der Waals surface area contributed by atoms with Crippen molar-refractivity contribution in [2.45, 2.75) is 12.1 Å². The molecular formula is C29H27FN6O4. The maximum absolute atomic E-state index is 14.7. The largest absolute Gasteiger partial charge is 0.386 e. The summed E-state index contributed by atoms with van der Waals surface area (Å²) >= 11 is 0. The van der Waals surface area contributed by atoms with E-state index in [1.807, 2.05) is 31.3 Å². The van der Waals surface area contributed by atoms with Crippen LogP contribution in [-0.4, -0.2) is 55.8 Å². The molecule has 5 aromatic rings. The predicted molar refractivity (Wildman–Crippen MR) is 146 cm³/mol. The molecule has 0 aliphatic rings. The molecule has 0 spiro atoms. The molecular weight excluding hydrogens is 515 g/mol. The highest BCUT2D eigenvalue weighted by Gasteiger charge is 2.24. The molecule has 40 heavy (non-hydrogen) atoms. The van der Waals surface area contributed by atoms with Crippen LogP contribution in [0.2, 0.25) is 0 Å². The Balaban J connectivity index is 1.33. The van der Waals surface area contributed by atoms with E-state index in [0.717, 1.165) is 17.3 Å². The number of carbonyl (C=O) groups is 2. The fourth-order valence-corrected chi connectivity index (χ4v) is 4.44. The number of hydrogen-bond acceptors (Lipinski definition) is 6. The van der Waals surface area contributed by atoms with Crippen LogP contribution in [0.25, 0.3) is 16.9 Å². The minimum Gasteiger partial charge on any atom is -0.386 e. The molecule has 3 aromatic heterocycles. The molecule has 5 rings (SSSR count). The Kier molecular flexibility index (Phi) is 7.67. The van der Waals surface area contributed by atoms with Crippen molar-refractivity contribution in [2.24, 2.45) is 7.05 Å². The number of aromatic nitrogens is 4. The zero-order valence-corrected chi connectivity index (χ0v) is 21.8. The number of halogens is 1. The van der Waals surface area contributed by atoms with Gasteiger partial charge in [-0.05, 0) is 42.0 Å². The summed E-state index contributed by atoms with van der Waals surface area (Å²) in [6, 6.07) is 17.2. The average molecular weight is 543 g/mol. The van der Waals surface area contributed by atoms with Gasteiger partial charge in [0.2, 0.25) is 0 Å². The van der Waals surface area contributed by atoms with Crippen LogP contribution < -0.4 is 10.6 Å². The number of pyridine rings is 1. The van der Waals surface area contributed by atoms with E-state index in [9.17, 15) is 19.1 Å². The summed E-state index contributed by atoms with van der Waals surface area (Å²) in [5, 5.41) is 20.2. The van der Waals surface area contributed by atoms with E-state index >= 15 is 0 Å². The smallest absolute Gasteiger partial charge is 0.274 e. The SMILES string of the molecule is COCC(NC(=O)c1ccc(F)c(NC(=O)c2cnc3cc(-c4ccnn4C)ccn23)c1)[C@@H](O)c1ccccc1. The van der Waals surface area contributed by atoms with Gasteiger partial charge >= 0.3 is 0 Å². The topological polar surface area (TPSA) is 123 Å². The van der Waals surface area contributed by atoms with Crippen molar-refractivity contribution in [2.75, 3.05) is 19.0 Å². The van der Waals surface area contributed by atoms with Gasteiger partial charge in [0.1, 0.15) is 23.3 Å². The van der Waals surface area contributed by atoms with Gasteiger partial charge in [0, 0.05) is 37.7 Å². The average Bonchev–Trinajstić information content (AvgIpc) is 3.59. The van der Waals surface area contributed by atoms with Gasteiger partial charge < -0.3 is 20.5 Å². The lowest BCUT2D eigenvalue weighted by molar-refractivity contribution is 0.0594. The highest BCUT2D eigenvalue weighted by Crippen LogP contribution is 2.23. The molecule has 0 aliphatic carbocycles. The fraction of sp³-hybridized carbons (Fsp3) is 0.172. The monoisotopic (exact) mass is 542 g/mol. The number of rotatable bonds is 9. The standard InChI is InChI=1S/C29H27FN6O4/c1-35-24(10-12-32-35)19-11-13-36-25(16-31-26(36)15-19)29(39)33-22-14-20(8-9-21(22)30)28(38)34-23(17-40-2)27(37)18-6-4-3-5-7-18/h3-16,23,27,37H,17H2,1-2H3,(H,33,39)(H,34,38)/t23?,27-/m0/s1. The number of fused-ring (bicyclic) bond motifs is 1. The first kappa shape index (κ1) is 26.7. The first-order valence-corrected chi connectivity index (χ1v) is 12.4. The molecule has 3 N–H and O–H groups in total. The summed E-state index contributed by atoms with van der Waals surface area (Å²) in [5.41, 5.74) is 3.00. The number of hydrogen-bond donors (Lipinski definition) is 3. The number of benzene rings is 2. The summed E-state index contributed by atoms with van der Waals surface area (Å²) < 4.78 is 23.2. The first-order chi connectivity index (χ1) is 19.4. The number of aliphatic hydroxyl groups excluding tert-OH is 1. The highest BCUT2D eigenvalue weighted by molar-refractivity contribution is 6.04. The second kappa shape index (κ2) is 11.5. The number of aliphatic hydroxyl groups is 1. The molecule has 2 amide bonds. The van der Waals surface area contributed by atoms with Crippen molar-refractivity contribution in [1.29, 1.82) is 0 Å². The van der Waals surface area contributed by atoms with Gasteiger partial charge in [-0.1, -0.05) is 30.3 Å². The molecule has 0 saturated heterocycles. The van der Waals surface area contributed by atoms with Gasteiger partial charge in [-0.3, -0.25) is 18.7 Å². The maximum atomic E-state index is 14.7. The summed E-state index contributed by atoms with van der Waals surface area (Å²) in [6.07, 6.45) is 3.76. The summed E-state index contributed by atoms with van der Waals surface area (Å²) in [5.74, 6) is -1.88. The molecule has 0 saturated carbocycles. The second-order valence-electron chi connectivity index (χ2n) is 9.17. The van der Waals surface area contributed by atoms with Gasteiger partial charge in [0.05, 0.1) is 30.2 Å². The van der Waals surface area contributed by atoms with Crippen LogP contribution in [0.1, 0.15) is 32.5 Å². The van der Waals surface area contributed by atoms with Crippen LogP contribution in [0, 0.1) is 5.82 Å². The van der Waals surface area contributed by atoms with Crippen molar-refractivity contribution in [3.63, 3.8) is 0 Å². The summed E-state index contributed by atoms with van der Waals surface area (Å²) in [6.45, 7) is 0.0448. The van der Waals surface area contributed by atoms with Gasteiger partial charge in [0.15, 0.2) is 0 Å². The van der Waals surface area contributed by atoms with E-state index in [2.05, 4.69) is 20.7 Å². The number of anilines is 1. The van der Waals surface area contributed by atoms with Crippen molar-refractivity contribution in [3.8, 4) is 11.3 Å². The normalized spacial score (nSPS) is 12.7. The zero-order valence-electron chi connectivity index (χ0n) is 21.8. The number of methoxy groups -OCH3 is 1. The third kappa shape index (κ3) is 5.46. The molecule has 0 bridgehead atoms. The number of aryl methyl sites for hydroxylation is 1. The Bertz CT molecular complexity index is 1670. The third-order valence-electron chi connectivity index (χ3n) is 6.52. The number of nitrogens with one attached hydrogen (secondary N) is 2. The Hall–Kier alpha value is -4.87. The van der Waals surface area contributed by atoms with Crippen LogP contribution in [-0.2, 0) is 11.8 Å². The lowest BCUT2D eigenvalue weighted by Gasteiger charge is -2.24. The van der Waals surface area contributed by atoms with Crippen LogP contribution in [0.4, 0.5) is 10.1 Å². The first-order valence-electron chi connectivity index (χ1n) is 12.4. The highest BCUT2D eigenvalue weighted by atomic mass is 19.1. The minimum atomic E-state index is -1.03. The molecule has 0 aliphatic heterocycles. The Morgan fingerprint density at radius 2 is 1.88 bits per heavy atom. The molecule has 3 heterocycles. The molecule has 0 fully saturated rings. The Morgan fingerprint density at radius 3 is 2.60 bits per heavy atom. The third-order valence-corrected chi connectivity index (χ3v) is 6.52. The quantitative estimate of drug-likeness (QED) is 0.262. The van der Waals surface area contributed by atoms with Gasteiger partial charge in [-0.25, -0.2) is 9.37 Å². The lowest BCUT2D eigenvalue weighted by Crippen LogP contribution is -2.42. The molecule has 204 valence electrons. The number of nitrogens with zero attached hydrogens (tertiary/aromatic N) is 4. The van der Waals surface area contributed by atoms with Gasteiger partial charge in [-0.15, -0.1) is 0 Å².